The van der Waals surface area contributed by atoms with Crippen molar-refractivity contribution in [1.82, 2.24) is 20.2 Å². The number of nitrogens with zero attached hydrogens (tertiary/aromatic N) is 4. The van der Waals surface area contributed by atoms with Gasteiger partial charge in [-0.05, 0) is 26.0 Å². The number of phenols is 1. The summed E-state index contributed by atoms with van der Waals surface area (Å²) in [7, 11) is 0. The van der Waals surface area contributed by atoms with Crippen LogP contribution < -0.4 is 5.43 Å². The lowest BCUT2D eigenvalue weighted by molar-refractivity contribution is -0.118. The van der Waals surface area contributed by atoms with Gasteiger partial charge in [0.1, 0.15) is 5.75 Å². The molecular formula is C20H21N5O2S. The van der Waals surface area contributed by atoms with Gasteiger partial charge in [0.2, 0.25) is 0 Å². The van der Waals surface area contributed by atoms with Crippen LogP contribution in [0.5, 0.6) is 5.75 Å². The Kier molecular flexibility index (Phi) is 6.44. The molecule has 144 valence electrons. The standard InChI is InChI=1S/C20H21N5O2S/c1-3-25-19(15-10-8-14(2)9-11-15)23-24-20(25)28-13-18(27)22-21-12-16-6-4-5-7-17(16)26/h4-12,26H,3,13H2,1-2H3,(H,22,27). The van der Waals surface area contributed by atoms with Gasteiger partial charge in [-0.25, -0.2) is 5.43 Å². The van der Waals surface area contributed by atoms with Crippen LogP contribution in [-0.2, 0) is 11.3 Å². The minimum Gasteiger partial charge on any atom is -0.507 e. The first-order chi connectivity index (χ1) is 13.6. The average Bonchev–Trinajstić information content (AvgIpc) is 3.11. The van der Waals surface area contributed by atoms with Gasteiger partial charge in [0.25, 0.3) is 5.91 Å². The molecule has 28 heavy (non-hydrogen) atoms. The second-order valence-electron chi connectivity index (χ2n) is 6.06. The Balaban J connectivity index is 1.60. The summed E-state index contributed by atoms with van der Waals surface area (Å²) in [6.07, 6.45) is 1.40. The summed E-state index contributed by atoms with van der Waals surface area (Å²) in [5.41, 5.74) is 5.16. The molecule has 1 heterocycles. The van der Waals surface area contributed by atoms with Gasteiger partial charge >= 0.3 is 0 Å². The number of aromatic nitrogens is 3. The van der Waals surface area contributed by atoms with Gasteiger partial charge in [-0.15, -0.1) is 10.2 Å². The van der Waals surface area contributed by atoms with E-state index in [-0.39, 0.29) is 17.4 Å². The SMILES string of the molecule is CCn1c(SCC(=O)NN=Cc2ccccc2O)nnc1-c1ccc(C)cc1. The molecule has 0 aliphatic carbocycles. The van der Waals surface area contributed by atoms with Crippen molar-refractivity contribution in [2.45, 2.75) is 25.5 Å². The minimum atomic E-state index is -0.265. The zero-order chi connectivity index (χ0) is 19.9. The van der Waals surface area contributed by atoms with Crippen molar-refractivity contribution in [3.63, 3.8) is 0 Å². The van der Waals surface area contributed by atoms with Crippen LogP contribution in [0.25, 0.3) is 11.4 Å². The third-order valence-corrected chi connectivity index (χ3v) is 4.97. The maximum atomic E-state index is 12.0. The molecule has 0 radical (unpaired) electrons. The maximum absolute atomic E-state index is 12.0. The van der Waals surface area contributed by atoms with Gasteiger partial charge in [-0.2, -0.15) is 5.10 Å². The smallest absolute Gasteiger partial charge is 0.250 e. The summed E-state index contributed by atoms with van der Waals surface area (Å²) in [5, 5.41) is 22.7. The lowest BCUT2D eigenvalue weighted by Crippen LogP contribution is -2.20. The molecule has 7 nitrogen and oxygen atoms in total. The fraction of sp³-hybridized carbons (Fsp3) is 0.200. The number of nitrogens with one attached hydrogen (secondary N) is 1. The Hall–Kier alpha value is -3.13. The molecule has 0 saturated heterocycles. The van der Waals surface area contributed by atoms with Crippen molar-refractivity contribution in [1.29, 1.82) is 0 Å². The number of thioether (sulfide) groups is 1. The molecule has 2 N–H and O–H groups in total. The number of aryl methyl sites for hydroxylation is 1. The van der Waals surface area contributed by atoms with E-state index in [1.54, 1.807) is 24.3 Å². The highest BCUT2D eigenvalue weighted by molar-refractivity contribution is 7.99. The number of hydrazone groups is 1. The molecule has 0 aliphatic rings. The van der Waals surface area contributed by atoms with E-state index < -0.39 is 0 Å². The fourth-order valence-electron chi connectivity index (χ4n) is 2.53. The van der Waals surface area contributed by atoms with E-state index in [2.05, 4.69) is 20.7 Å². The Labute approximate surface area is 167 Å². The monoisotopic (exact) mass is 395 g/mol. The van der Waals surface area contributed by atoms with Crippen LogP contribution in [0.1, 0.15) is 18.1 Å². The number of para-hydroxylation sites is 1. The number of benzene rings is 2. The van der Waals surface area contributed by atoms with Gasteiger partial charge in [0.05, 0.1) is 12.0 Å². The Morgan fingerprint density at radius 1 is 1.21 bits per heavy atom. The van der Waals surface area contributed by atoms with Crippen molar-refractivity contribution >= 4 is 23.9 Å². The molecule has 0 fully saturated rings. The predicted octanol–water partition coefficient (Wildman–Crippen LogP) is 3.22. The molecule has 0 saturated carbocycles. The highest BCUT2D eigenvalue weighted by Crippen LogP contribution is 2.24. The number of phenolic OH excluding ortho intramolecular Hbond substituents is 1. The number of hydrogen-bond acceptors (Lipinski definition) is 6. The first-order valence-corrected chi connectivity index (χ1v) is 9.80. The second kappa shape index (κ2) is 9.18. The third-order valence-electron chi connectivity index (χ3n) is 4.00. The quantitative estimate of drug-likeness (QED) is 0.364. The van der Waals surface area contributed by atoms with E-state index in [0.717, 1.165) is 11.4 Å². The van der Waals surface area contributed by atoms with E-state index in [9.17, 15) is 9.90 Å². The van der Waals surface area contributed by atoms with Crippen molar-refractivity contribution in [3.8, 4) is 17.1 Å². The average molecular weight is 395 g/mol. The van der Waals surface area contributed by atoms with E-state index in [1.807, 2.05) is 42.7 Å². The first kappa shape index (κ1) is 19.6. The molecule has 0 atom stereocenters. The normalized spacial score (nSPS) is 11.1. The Bertz CT molecular complexity index is 983. The molecule has 3 rings (SSSR count). The molecule has 2 aromatic carbocycles. The topological polar surface area (TPSA) is 92.4 Å². The highest BCUT2D eigenvalue weighted by atomic mass is 32.2. The molecule has 1 aromatic heterocycles. The van der Waals surface area contributed by atoms with Crippen molar-refractivity contribution < 1.29 is 9.90 Å². The Morgan fingerprint density at radius 3 is 2.68 bits per heavy atom. The second-order valence-corrected chi connectivity index (χ2v) is 7.00. The van der Waals surface area contributed by atoms with Crippen LogP contribution in [0.2, 0.25) is 0 Å². The predicted molar refractivity (Wildman–Crippen MR) is 110 cm³/mol. The largest absolute Gasteiger partial charge is 0.507 e. The summed E-state index contributed by atoms with van der Waals surface area (Å²) < 4.78 is 1.98. The lowest BCUT2D eigenvalue weighted by atomic mass is 10.1. The van der Waals surface area contributed by atoms with Crippen molar-refractivity contribution in [2.75, 3.05) is 5.75 Å². The zero-order valence-corrected chi connectivity index (χ0v) is 16.5. The van der Waals surface area contributed by atoms with Crippen LogP contribution >= 0.6 is 11.8 Å². The van der Waals surface area contributed by atoms with Crippen LogP contribution in [0.15, 0.2) is 58.8 Å². The van der Waals surface area contributed by atoms with Crippen LogP contribution in [0.3, 0.4) is 0 Å². The number of amides is 1. The summed E-state index contributed by atoms with van der Waals surface area (Å²) >= 11 is 1.30. The number of carbonyl (C=O) groups excluding carboxylic acids is 1. The van der Waals surface area contributed by atoms with E-state index in [1.165, 1.54) is 23.5 Å². The molecule has 0 bridgehead atoms. The summed E-state index contributed by atoms with van der Waals surface area (Å²) in [6, 6.07) is 14.9. The number of rotatable bonds is 7. The molecule has 0 spiro atoms. The zero-order valence-electron chi connectivity index (χ0n) is 15.7. The van der Waals surface area contributed by atoms with Gasteiger partial charge < -0.3 is 9.67 Å². The molecular weight excluding hydrogens is 374 g/mol. The van der Waals surface area contributed by atoms with Gasteiger partial charge in [0, 0.05) is 17.7 Å². The molecule has 3 aromatic rings. The number of aromatic hydroxyl groups is 1. The van der Waals surface area contributed by atoms with Crippen molar-refractivity contribution in [2.24, 2.45) is 5.10 Å². The van der Waals surface area contributed by atoms with E-state index in [4.69, 9.17) is 0 Å². The summed E-state index contributed by atoms with van der Waals surface area (Å²) in [5.74, 6) is 0.779. The summed E-state index contributed by atoms with van der Waals surface area (Å²) in [4.78, 5) is 12.0. The molecule has 0 unspecified atom stereocenters. The van der Waals surface area contributed by atoms with Crippen LogP contribution in [0.4, 0.5) is 0 Å². The van der Waals surface area contributed by atoms with Crippen molar-refractivity contribution in [3.05, 3.63) is 59.7 Å². The van der Waals surface area contributed by atoms with Gasteiger partial charge in [0.15, 0.2) is 11.0 Å². The molecule has 1 amide bonds. The number of carbonyl (C=O) groups is 1. The van der Waals surface area contributed by atoms with E-state index >= 15 is 0 Å². The third kappa shape index (κ3) is 4.77. The lowest BCUT2D eigenvalue weighted by Gasteiger charge is -2.07. The number of hydrogen-bond donors (Lipinski definition) is 2. The van der Waals surface area contributed by atoms with E-state index in [0.29, 0.717) is 17.3 Å². The fourth-order valence-corrected chi connectivity index (χ4v) is 3.32. The van der Waals surface area contributed by atoms with Crippen LogP contribution in [0, 0.1) is 6.92 Å². The van der Waals surface area contributed by atoms with Gasteiger partial charge in [-0.3, -0.25) is 4.79 Å². The first-order valence-electron chi connectivity index (χ1n) is 8.81. The molecule has 8 heteroatoms. The van der Waals surface area contributed by atoms with Gasteiger partial charge in [-0.1, -0.05) is 53.7 Å². The minimum absolute atomic E-state index is 0.106. The molecule has 0 aliphatic heterocycles. The Morgan fingerprint density at radius 2 is 1.96 bits per heavy atom. The summed E-state index contributed by atoms with van der Waals surface area (Å²) in [6.45, 7) is 4.75. The maximum Gasteiger partial charge on any atom is 0.250 e. The van der Waals surface area contributed by atoms with Crippen LogP contribution in [-0.4, -0.2) is 37.7 Å². The highest BCUT2D eigenvalue weighted by Gasteiger charge is 2.14.